The van der Waals surface area contributed by atoms with Crippen LogP contribution < -0.4 is 10.1 Å². The Bertz CT molecular complexity index is 614. The van der Waals surface area contributed by atoms with E-state index in [9.17, 15) is 9.59 Å². The number of rotatable bonds is 5. The summed E-state index contributed by atoms with van der Waals surface area (Å²) < 4.78 is 5.74. The van der Waals surface area contributed by atoms with E-state index < -0.39 is 0 Å². The van der Waals surface area contributed by atoms with Crippen molar-refractivity contribution >= 4 is 11.7 Å². The topological polar surface area (TPSA) is 55.4 Å². The molecule has 4 aliphatic carbocycles. The molecule has 128 valence electrons. The van der Waals surface area contributed by atoms with Gasteiger partial charge in [0.05, 0.1) is 0 Å². The van der Waals surface area contributed by atoms with Gasteiger partial charge in [0, 0.05) is 18.0 Å². The normalized spacial score (nSPS) is 33.3. The lowest BCUT2D eigenvalue weighted by molar-refractivity contribution is -0.145. The first-order valence-electron chi connectivity index (χ1n) is 9.06. The van der Waals surface area contributed by atoms with Crippen LogP contribution in [-0.4, -0.2) is 25.3 Å². The van der Waals surface area contributed by atoms with Gasteiger partial charge in [-0.25, -0.2) is 0 Å². The smallest absolute Gasteiger partial charge is 0.251 e. The molecule has 0 saturated heterocycles. The van der Waals surface area contributed by atoms with Gasteiger partial charge in [-0.1, -0.05) is 0 Å². The average molecular weight is 327 g/mol. The summed E-state index contributed by atoms with van der Waals surface area (Å²) in [5.41, 5.74) is 0.494. The van der Waals surface area contributed by atoms with Crippen molar-refractivity contribution in [2.24, 2.45) is 23.2 Å². The van der Waals surface area contributed by atoms with Crippen molar-refractivity contribution < 1.29 is 14.3 Å². The molecule has 1 aromatic rings. The lowest BCUT2D eigenvalue weighted by atomic mass is 9.48. The quantitative estimate of drug-likeness (QED) is 0.903. The third-order valence-electron chi connectivity index (χ3n) is 6.34. The average Bonchev–Trinajstić information content (AvgIpc) is 2.58. The molecule has 4 saturated carbocycles. The minimum atomic E-state index is -0.119. The third kappa shape index (κ3) is 2.72. The maximum Gasteiger partial charge on any atom is 0.251 e. The molecule has 0 radical (unpaired) electrons. The molecule has 24 heavy (non-hydrogen) atoms. The van der Waals surface area contributed by atoms with Gasteiger partial charge in [-0.2, -0.15) is 0 Å². The molecule has 0 aliphatic heterocycles. The number of nitrogens with one attached hydrogen (secondary N) is 1. The zero-order valence-electron chi connectivity index (χ0n) is 14.2. The molecule has 0 unspecified atom stereocenters. The highest BCUT2D eigenvalue weighted by molar-refractivity contribution is 5.94. The Balaban J connectivity index is 1.39. The summed E-state index contributed by atoms with van der Waals surface area (Å²) in [7, 11) is 1.61. The van der Waals surface area contributed by atoms with Crippen molar-refractivity contribution in [2.45, 2.75) is 38.5 Å². The second-order valence-corrected chi connectivity index (χ2v) is 8.01. The standard InChI is InChI=1S/C20H25NO3/c1-21-19(23)16-2-4-17(5-3-16)24-12-18(22)20-9-13-6-14(10-20)8-15(7-13)11-20/h2-5,13-15H,6-12H2,1H3,(H,21,23). The Morgan fingerprint density at radius 1 is 1.04 bits per heavy atom. The maximum absolute atomic E-state index is 12.9. The first-order chi connectivity index (χ1) is 11.6. The van der Waals surface area contributed by atoms with Gasteiger partial charge < -0.3 is 10.1 Å². The Morgan fingerprint density at radius 2 is 1.58 bits per heavy atom. The molecule has 1 amide bonds. The number of ketones is 1. The molecule has 4 aliphatic rings. The van der Waals surface area contributed by atoms with E-state index in [1.807, 2.05) is 0 Å². The van der Waals surface area contributed by atoms with E-state index in [4.69, 9.17) is 4.74 Å². The molecule has 0 spiro atoms. The molecular formula is C20H25NO3. The Labute approximate surface area is 143 Å². The first-order valence-corrected chi connectivity index (χ1v) is 9.06. The molecule has 0 heterocycles. The van der Waals surface area contributed by atoms with Crippen LogP contribution in [0.5, 0.6) is 5.75 Å². The zero-order chi connectivity index (χ0) is 16.7. The fourth-order valence-electron chi connectivity index (χ4n) is 5.60. The molecule has 4 heteroatoms. The minimum absolute atomic E-state index is 0.100. The van der Waals surface area contributed by atoms with Crippen LogP contribution in [-0.2, 0) is 4.79 Å². The predicted octanol–water partition coefficient (Wildman–Crippen LogP) is 3.21. The minimum Gasteiger partial charge on any atom is -0.486 e. The number of benzene rings is 1. The van der Waals surface area contributed by atoms with Gasteiger partial charge in [0.1, 0.15) is 12.4 Å². The number of Topliss-reactive ketones (excluding diaryl/α,β-unsaturated/α-hetero) is 1. The van der Waals surface area contributed by atoms with E-state index in [2.05, 4.69) is 5.32 Å². The largest absolute Gasteiger partial charge is 0.486 e. The van der Waals surface area contributed by atoms with Gasteiger partial charge in [-0.15, -0.1) is 0 Å². The molecule has 0 atom stereocenters. The van der Waals surface area contributed by atoms with Crippen molar-refractivity contribution in [2.75, 3.05) is 13.7 Å². The summed E-state index contributed by atoms with van der Waals surface area (Å²) in [6.45, 7) is 0.158. The second kappa shape index (κ2) is 5.91. The van der Waals surface area contributed by atoms with E-state index in [0.717, 1.165) is 37.0 Å². The summed E-state index contributed by atoms with van der Waals surface area (Å²) in [4.78, 5) is 24.4. The molecule has 4 bridgehead atoms. The zero-order valence-corrected chi connectivity index (χ0v) is 14.2. The van der Waals surface area contributed by atoms with E-state index in [1.165, 1.54) is 19.3 Å². The van der Waals surface area contributed by atoms with Crippen molar-refractivity contribution in [1.29, 1.82) is 0 Å². The van der Waals surface area contributed by atoms with Gasteiger partial charge in [-0.3, -0.25) is 9.59 Å². The highest BCUT2D eigenvalue weighted by Gasteiger charge is 2.54. The molecule has 5 rings (SSSR count). The third-order valence-corrected chi connectivity index (χ3v) is 6.34. The molecule has 0 aromatic heterocycles. The van der Waals surface area contributed by atoms with Crippen LogP contribution >= 0.6 is 0 Å². The number of carbonyl (C=O) groups is 2. The monoisotopic (exact) mass is 327 g/mol. The SMILES string of the molecule is CNC(=O)c1ccc(OCC(=O)C23CC4CC(CC(C4)C2)C3)cc1. The van der Waals surface area contributed by atoms with Gasteiger partial charge >= 0.3 is 0 Å². The van der Waals surface area contributed by atoms with E-state index >= 15 is 0 Å². The number of ether oxygens (including phenoxy) is 1. The summed E-state index contributed by atoms with van der Waals surface area (Å²) in [5.74, 6) is 3.13. The van der Waals surface area contributed by atoms with Crippen molar-refractivity contribution in [3.8, 4) is 5.75 Å². The summed E-state index contributed by atoms with van der Waals surface area (Å²) in [5, 5.41) is 2.59. The van der Waals surface area contributed by atoms with Crippen LogP contribution in [0.15, 0.2) is 24.3 Å². The van der Waals surface area contributed by atoms with Gasteiger partial charge in [0.15, 0.2) is 5.78 Å². The highest BCUT2D eigenvalue weighted by Crippen LogP contribution is 2.60. The van der Waals surface area contributed by atoms with Crippen molar-refractivity contribution in [3.63, 3.8) is 0 Å². The molecule has 1 aromatic carbocycles. The van der Waals surface area contributed by atoms with Crippen LogP contribution in [0.1, 0.15) is 48.9 Å². The number of hydrogen-bond donors (Lipinski definition) is 1. The van der Waals surface area contributed by atoms with Crippen LogP contribution in [0.3, 0.4) is 0 Å². The molecule has 1 N–H and O–H groups in total. The Hall–Kier alpha value is -1.84. The predicted molar refractivity (Wildman–Crippen MR) is 90.9 cm³/mol. The lowest BCUT2D eigenvalue weighted by Gasteiger charge is -2.55. The summed E-state index contributed by atoms with van der Waals surface area (Å²) in [6.07, 6.45) is 7.27. The number of hydrogen-bond acceptors (Lipinski definition) is 3. The first kappa shape index (κ1) is 15.7. The summed E-state index contributed by atoms with van der Waals surface area (Å²) in [6, 6.07) is 6.97. The summed E-state index contributed by atoms with van der Waals surface area (Å²) >= 11 is 0. The van der Waals surface area contributed by atoms with Crippen molar-refractivity contribution in [1.82, 2.24) is 5.32 Å². The van der Waals surface area contributed by atoms with E-state index in [0.29, 0.717) is 11.3 Å². The van der Waals surface area contributed by atoms with Gasteiger partial charge in [0.2, 0.25) is 0 Å². The van der Waals surface area contributed by atoms with Crippen LogP contribution in [0.4, 0.5) is 0 Å². The fourth-order valence-corrected chi connectivity index (χ4v) is 5.60. The maximum atomic E-state index is 12.9. The van der Waals surface area contributed by atoms with E-state index in [-0.39, 0.29) is 23.7 Å². The number of carbonyl (C=O) groups excluding carboxylic acids is 2. The van der Waals surface area contributed by atoms with Crippen LogP contribution in [0.2, 0.25) is 0 Å². The van der Waals surface area contributed by atoms with E-state index in [1.54, 1.807) is 31.3 Å². The Morgan fingerprint density at radius 3 is 2.08 bits per heavy atom. The van der Waals surface area contributed by atoms with Crippen LogP contribution in [0, 0.1) is 23.2 Å². The lowest BCUT2D eigenvalue weighted by Crippen LogP contribution is -2.51. The second-order valence-electron chi connectivity index (χ2n) is 8.01. The fraction of sp³-hybridized carbons (Fsp3) is 0.600. The number of amides is 1. The van der Waals surface area contributed by atoms with Crippen molar-refractivity contribution in [3.05, 3.63) is 29.8 Å². The Kier molecular flexibility index (Phi) is 3.86. The van der Waals surface area contributed by atoms with Crippen LogP contribution in [0.25, 0.3) is 0 Å². The van der Waals surface area contributed by atoms with Gasteiger partial charge in [-0.05, 0) is 80.5 Å². The molecule has 4 nitrogen and oxygen atoms in total. The highest BCUT2D eigenvalue weighted by atomic mass is 16.5. The molecule has 4 fully saturated rings. The molecular weight excluding hydrogens is 302 g/mol. The van der Waals surface area contributed by atoms with Gasteiger partial charge in [0.25, 0.3) is 5.91 Å².